The van der Waals surface area contributed by atoms with E-state index in [0.717, 1.165) is 0 Å². The number of benzene rings is 1. The molecule has 0 saturated carbocycles. The van der Waals surface area contributed by atoms with Crippen molar-refractivity contribution in [2.24, 2.45) is 5.16 Å². The van der Waals surface area contributed by atoms with Gasteiger partial charge in [0.2, 0.25) is 5.84 Å². The van der Waals surface area contributed by atoms with Gasteiger partial charge in [-0.05, 0) is 26.0 Å². The van der Waals surface area contributed by atoms with Gasteiger partial charge in [-0.2, -0.15) is 9.78 Å². The smallest absolute Gasteiger partial charge is 0.201 e. The van der Waals surface area contributed by atoms with E-state index in [9.17, 15) is 5.11 Å². The maximum absolute atomic E-state index is 9.50. The second-order valence-electron chi connectivity index (χ2n) is 3.96. The van der Waals surface area contributed by atoms with Crippen molar-refractivity contribution >= 4 is 5.84 Å². The molecular weight excluding hydrogens is 232 g/mol. The summed E-state index contributed by atoms with van der Waals surface area (Å²) in [6.45, 7) is 3.76. The molecule has 0 aliphatic carbocycles. The molecule has 0 saturated heterocycles. The number of oxime groups is 1. The summed E-state index contributed by atoms with van der Waals surface area (Å²) >= 11 is 0. The normalized spacial score (nSPS) is 11.8. The zero-order valence-corrected chi connectivity index (χ0v) is 10.2. The Kier molecular flexibility index (Phi) is 3.57. The monoisotopic (exact) mass is 246 g/mol. The fourth-order valence-corrected chi connectivity index (χ4v) is 1.34. The molecule has 1 heterocycles. The summed E-state index contributed by atoms with van der Waals surface area (Å²) in [4.78, 5) is 9.11. The van der Waals surface area contributed by atoms with Crippen molar-refractivity contribution in [1.29, 1.82) is 0 Å². The first kappa shape index (κ1) is 12.1. The Hall–Kier alpha value is -2.37. The van der Waals surface area contributed by atoms with Crippen molar-refractivity contribution in [2.75, 3.05) is 0 Å². The minimum absolute atomic E-state index is 0.0409. The van der Waals surface area contributed by atoms with Crippen LogP contribution in [0.1, 0.15) is 19.4 Å². The van der Waals surface area contributed by atoms with Crippen LogP contribution in [-0.2, 0) is 4.84 Å². The quantitative estimate of drug-likeness (QED) is 0.507. The largest absolute Gasteiger partial charge is 0.508 e. The van der Waals surface area contributed by atoms with Gasteiger partial charge in [0.1, 0.15) is 24.5 Å². The average molecular weight is 246 g/mol. The summed E-state index contributed by atoms with van der Waals surface area (Å²) in [6, 6.07) is 6.71. The molecule has 0 atom stereocenters. The van der Waals surface area contributed by atoms with E-state index in [2.05, 4.69) is 15.2 Å². The zero-order chi connectivity index (χ0) is 13.0. The Labute approximate surface area is 105 Å². The lowest BCUT2D eigenvalue weighted by molar-refractivity contribution is 0.0851. The third-order valence-electron chi connectivity index (χ3n) is 2.09. The molecule has 94 valence electrons. The van der Waals surface area contributed by atoms with E-state index >= 15 is 0 Å². The van der Waals surface area contributed by atoms with Crippen molar-refractivity contribution in [2.45, 2.75) is 20.0 Å². The maximum Gasteiger partial charge on any atom is 0.201 e. The molecule has 1 N–H and O–H groups in total. The van der Waals surface area contributed by atoms with Crippen LogP contribution < -0.4 is 0 Å². The highest BCUT2D eigenvalue weighted by Crippen LogP contribution is 2.13. The van der Waals surface area contributed by atoms with Crippen LogP contribution in [-0.4, -0.2) is 31.8 Å². The van der Waals surface area contributed by atoms with Crippen LogP contribution in [0.15, 0.2) is 42.1 Å². The fraction of sp³-hybridized carbons (Fsp3) is 0.250. The van der Waals surface area contributed by atoms with E-state index in [1.165, 1.54) is 17.3 Å². The van der Waals surface area contributed by atoms with Gasteiger partial charge in [-0.1, -0.05) is 17.3 Å². The Balaban J connectivity index is 2.39. The van der Waals surface area contributed by atoms with Gasteiger partial charge in [0.05, 0.1) is 0 Å². The Morgan fingerprint density at radius 2 is 2.28 bits per heavy atom. The van der Waals surface area contributed by atoms with E-state index in [-0.39, 0.29) is 11.9 Å². The molecule has 6 heteroatoms. The molecule has 0 amide bonds. The SMILES string of the molecule is CC(C)O/N=C(\c1cccc(O)c1)n1cncn1. The first-order valence-corrected chi connectivity index (χ1v) is 5.55. The molecule has 0 aliphatic heterocycles. The third-order valence-corrected chi connectivity index (χ3v) is 2.09. The maximum atomic E-state index is 9.50. The Morgan fingerprint density at radius 3 is 2.89 bits per heavy atom. The van der Waals surface area contributed by atoms with Crippen LogP contribution >= 0.6 is 0 Å². The van der Waals surface area contributed by atoms with Crippen molar-refractivity contribution in [3.8, 4) is 5.75 Å². The highest BCUT2D eigenvalue weighted by atomic mass is 16.6. The molecule has 0 spiro atoms. The van der Waals surface area contributed by atoms with Crippen LogP contribution in [0.25, 0.3) is 0 Å². The predicted molar refractivity (Wildman–Crippen MR) is 66.3 cm³/mol. The molecule has 2 aromatic rings. The summed E-state index contributed by atoms with van der Waals surface area (Å²) in [5.41, 5.74) is 0.696. The summed E-state index contributed by atoms with van der Waals surface area (Å²) in [5, 5.41) is 17.6. The fourth-order valence-electron chi connectivity index (χ4n) is 1.34. The van der Waals surface area contributed by atoms with Gasteiger partial charge in [0.25, 0.3) is 0 Å². The van der Waals surface area contributed by atoms with E-state index in [4.69, 9.17) is 4.84 Å². The third kappa shape index (κ3) is 2.85. The predicted octanol–water partition coefficient (Wildman–Crippen LogP) is 1.62. The van der Waals surface area contributed by atoms with E-state index in [1.807, 2.05) is 19.9 Å². The molecule has 0 bridgehead atoms. The van der Waals surface area contributed by atoms with Gasteiger partial charge in [-0.15, -0.1) is 0 Å². The molecule has 6 nitrogen and oxygen atoms in total. The number of aromatic hydroxyl groups is 1. The minimum atomic E-state index is -0.0409. The van der Waals surface area contributed by atoms with Gasteiger partial charge in [-0.25, -0.2) is 4.98 Å². The first-order chi connectivity index (χ1) is 8.66. The molecule has 2 rings (SSSR count). The van der Waals surface area contributed by atoms with Crippen LogP contribution in [0, 0.1) is 0 Å². The van der Waals surface area contributed by atoms with Crippen LogP contribution in [0.4, 0.5) is 0 Å². The second-order valence-corrected chi connectivity index (χ2v) is 3.96. The Morgan fingerprint density at radius 1 is 1.44 bits per heavy atom. The van der Waals surface area contributed by atoms with E-state index in [0.29, 0.717) is 11.4 Å². The van der Waals surface area contributed by atoms with Gasteiger partial charge in [0, 0.05) is 5.56 Å². The molecule has 0 fully saturated rings. The minimum Gasteiger partial charge on any atom is -0.508 e. The van der Waals surface area contributed by atoms with E-state index in [1.54, 1.807) is 18.2 Å². The lowest BCUT2D eigenvalue weighted by Crippen LogP contribution is -2.15. The van der Waals surface area contributed by atoms with Gasteiger partial charge in [0.15, 0.2) is 0 Å². The molecule has 1 aromatic heterocycles. The summed E-state index contributed by atoms with van der Waals surface area (Å²) in [7, 11) is 0. The molecule has 1 aromatic carbocycles. The number of hydrogen-bond acceptors (Lipinski definition) is 5. The number of nitrogens with zero attached hydrogens (tertiary/aromatic N) is 4. The number of aromatic nitrogens is 3. The van der Waals surface area contributed by atoms with Gasteiger partial charge < -0.3 is 9.94 Å². The molecule has 0 radical (unpaired) electrons. The number of hydrogen-bond donors (Lipinski definition) is 1. The van der Waals surface area contributed by atoms with Crippen molar-refractivity contribution in [1.82, 2.24) is 14.8 Å². The Bertz CT molecular complexity index is 535. The van der Waals surface area contributed by atoms with Crippen molar-refractivity contribution < 1.29 is 9.94 Å². The van der Waals surface area contributed by atoms with E-state index < -0.39 is 0 Å². The second kappa shape index (κ2) is 5.31. The number of phenols is 1. The molecular formula is C12H14N4O2. The average Bonchev–Trinajstić information content (AvgIpc) is 2.83. The standard InChI is InChI=1S/C12H14N4O2/c1-9(2)18-15-12(16-8-13-7-14-16)10-4-3-5-11(17)6-10/h3-9,17H,1-2H3/b15-12+. The number of rotatable bonds is 3. The summed E-state index contributed by atoms with van der Waals surface area (Å²) in [6.07, 6.45) is 2.89. The first-order valence-electron chi connectivity index (χ1n) is 5.55. The zero-order valence-electron chi connectivity index (χ0n) is 10.2. The highest BCUT2D eigenvalue weighted by Gasteiger charge is 2.09. The molecule has 0 unspecified atom stereocenters. The summed E-state index contributed by atoms with van der Waals surface area (Å²) in [5.74, 6) is 0.627. The van der Waals surface area contributed by atoms with Gasteiger partial charge in [-0.3, -0.25) is 0 Å². The summed E-state index contributed by atoms with van der Waals surface area (Å²) < 4.78 is 1.48. The van der Waals surface area contributed by atoms with Crippen LogP contribution in [0.2, 0.25) is 0 Å². The topological polar surface area (TPSA) is 72.5 Å². The number of phenolic OH excluding ortho intramolecular Hbond substituents is 1. The van der Waals surface area contributed by atoms with Crippen LogP contribution in [0.3, 0.4) is 0 Å². The van der Waals surface area contributed by atoms with Crippen molar-refractivity contribution in [3.05, 3.63) is 42.5 Å². The lowest BCUT2D eigenvalue weighted by atomic mass is 10.2. The van der Waals surface area contributed by atoms with Crippen molar-refractivity contribution in [3.63, 3.8) is 0 Å². The van der Waals surface area contributed by atoms with Gasteiger partial charge >= 0.3 is 0 Å². The highest BCUT2D eigenvalue weighted by molar-refractivity contribution is 5.99. The lowest BCUT2D eigenvalue weighted by Gasteiger charge is -2.08. The molecule has 0 aliphatic rings. The molecule has 18 heavy (non-hydrogen) atoms. The van der Waals surface area contributed by atoms with Crippen LogP contribution in [0.5, 0.6) is 5.75 Å².